The summed E-state index contributed by atoms with van der Waals surface area (Å²) in [6.07, 6.45) is 0.0308. The van der Waals surface area contributed by atoms with Crippen molar-refractivity contribution in [2.75, 3.05) is 31.1 Å². The number of sulfonamides is 1. The molecule has 2 saturated heterocycles. The number of nitro benzene ring substituents is 1. The third-order valence-corrected chi connectivity index (χ3v) is 8.06. The predicted molar refractivity (Wildman–Crippen MR) is 120 cm³/mol. The number of rotatable bonds is 5. The molecule has 2 amide bonds. The predicted octanol–water partition coefficient (Wildman–Crippen LogP) is 1.85. The Hall–Kier alpha value is -3.15. The van der Waals surface area contributed by atoms with E-state index in [1.54, 1.807) is 6.07 Å². The van der Waals surface area contributed by atoms with Gasteiger partial charge in [-0.25, -0.2) is 13.3 Å². The summed E-state index contributed by atoms with van der Waals surface area (Å²) in [4.78, 5) is 39.1. The van der Waals surface area contributed by atoms with E-state index >= 15 is 0 Å². The van der Waals surface area contributed by atoms with Crippen molar-refractivity contribution in [3.8, 4) is 0 Å². The van der Waals surface area contributed by atoms with Crippen LogP contribution in [-0.4, -0.2) is 66.6 Å². The number of hydrogen-bond donors (Lipinski definition) is 0. The molecule has 11 heteroatoms. The molecule has 0 unspecified atom stereocenters. The SMILES string of the molecule is Cc1ccc(N2C(=O)C[C@H](N3CCN(S(=O)(=O)c4ccccc4[N+](=O)[O-])CC3)C2=O)c(C)c1. The summed E-state index contributed by atoms with van der Waals surface area (Å²) in [6.45, 7) is 4.40. The highest BCUT2D eigenvalue weighted by Crippen LogP contribution is 2.31. The number of carbonyl (C=O) groups is 2. The van der Waals surface area contributed by atoms with E-state index in [0.717, 1.165) is 17.2 Å². The van der Waals surface area contributed by atoms with Crippen LogP contribution in [-0.2, 0) is 19.6 Å². The number of aryl methyl sites for hydroxylation is 2. The second-order valence-corrected chi connectivity index (χ2v) is 10.1. The summed E-state index contributed by atoms with van der Waals surface area (Å²) in [5.41, 5.74) is 1.96. The van der Waals surface area contributed by atoms with Gasteiger partial charge in [-0.3, -0.25) is 24.6 Å². The van der Waals surface area contributed by atoms with Crippen LogP contribution < -0.4 is 4.90 Å². The lowest BCUT2D eigenvalue weighted by Gasteiger charge is -2.36. The van der Waals surface area contributed by atoms with Gasteiger partial charge in [-0.15, -0.1) is 0 Å². The molecule has 2 aliphatic rings. The third-order valence-electron chi connectivity index (χ3n) is 6.11. The number of imide groups is 1. The zero-order valence-corrected chi connectivity index (χ0v) is 19.1. The van der Waals surface area contributed by atoms with Crippen LogP contribution in [0.1, 0.15) is 17.5 Å². The van der Waals surface area contributed by atoms with Crippen molar-refractivity contribution in [2.45, 2.75) is 31.2 Å². The molecule has 33 heavy (non-hydrogen) atoms. The topological polar surface area (TPSA) is 121 Å². The maximum absolute atomic E-state index is 13.1. The van der Waals surface area contributed by atoms with Gasteiger partial charge in [0.05, 0.1) is 23.1 Å². The average Bonchev–Trinajstić information content (AvgIpc) is 3.08. The van der Waals surface area contributed by atoms with Gasteiger partial charge in [0.2, 0.25) is 15.9 Å². The molecule has 2 fully saturated rings. The minimum atomic E-state index is -4.07. The first-order valence-electron chi connectivity index (χ1n) is 10.5. The Morgan fingerprint density at radius 3 is 2.30 bits per heavy atom. The Kier molecular flexibility index (Phi) is 6.04. The van der Waals surface area contributed by atoms with E-state index in [9.17, 15) is 28.1 Å². The molecule has 0 spiro atoms. The standard InChI is InChI=1S/C22H24N4O6S/c1-15-7-8-17(16(2)13-15)25-21(27)14-19(22(25)28)23-9-11-24(12-10-23)33(31,32)20-6-4-3-5-18(20)26(29)30/h3-8,13,19H,9-12,14H2,1-2H3/t19-/m0/s1. The molecule has 0 saturated carbocycles. The van der Waals surface area contributed by atoms with Crippen molar-refractivity contribution in [1.29, 1.82) is 0 Å². The molecule has 0 radical (unpaired) electrons. The van der Waals surface area contributed by atoms with E-state index in [1.165, 1.54) is 27.4 Å². The van der Waals surface area contributed by atoms with E-state index in [-0.39, 0.29) is 49.3 Å². The van der Waals surface area contributed by atoms with Gasteiger partial charge < -0.3 is 0 Å². The number of para-hydroxylation sites is 1. The summed E-state index contributed by atoms with van der Waals surface area (Å²) in [6, 6.07) is 10.1. The van der Waals surface area contributed by atoms with Gasteiger partial charge in [0.15, 0.2) is 4.90 Å². The van der Waals surface area contributed by atoms with Crippen molar-refractivity contribution in [3.63, 3.8) is 0 Å². The summed E-state index contributed by atoms with van der Waals surface area (Å²) < 4.78 is 27.3. The maximum Gasteiger partial charge on any atom is 0.289 e. The summed E-state index contributed by atoms with van der Waals surface area (Å²) in [7, 11) is -4.07. The fraction of sp³-hybridized carbons (Fsp3) is 0.364. The second kappa shape index (κ2) is 8.65. The number of piperazine rings is 1. The average molecular weight is 473 g/mol. The smallest absolute Gasteiger partial charge is 0.289 e. The number of nitro groups is 1. The second-order valence-electron chi connectivity index (χ2n) is 8.24. The summed E-state index contributed by atoms with van der Waals surface area (Å²) in [5, 5.41) is 11.3. The Balaban J connectivity index is 1.49. The molecule has 0 N–H and O–H groups in total. The lowest BCUT2D eigenvalue weighted by molar-refractivity contribution is -0.387. The van der Waals surface area contributed by atoms with Gasteiger partial charge in [0, 0.05) is 32.2 Å². The van der Waals surface area contributed by atoms with E-state index < -0.39 is 26.7 Å². The van der Waals surface area contributed by atoms with Crippen LogP contribution in [0.4, 0.5) is 11.4 Å². The van der Waals surface area contributed by atoms with E-state index in [2.05, 4.69) is 0 Å². The molecule has 174 valence electrons. The molecular weight excluding hydrogens is 448 g/mol. The lowest BCUT2D eigenvalue weighted by Crippen LogP contribution is -2.53. The number of anilines is 1. The third kappa shape index (κ3) is 4.14. The number of nitrogens with zero attached hydrogens (tertiary/aromatic N) is 4. The minimum absolute atomic E-state index is 0.0308. The van der Waals surface area contributed by atoms with Gasteiger partial charge in [-0.05, 0) is 31.5 Å². The molecule has 0 aliphatic carbocycles. The molecule has 2 heterocycles. The first-order chi connectivity index (χ1) is 15.6. The Morgan fingerprint density at radius 1 is 1.00 bits per heavy atom. The lowest BCUT2D eigenvalue weighted by atomic mass is 10.1. The highest BCUT2D eigenvalue weighted by molar-refractivity contribution is 7.89. The number of carbonyl (C=O) groups excluding carboxylic acids is 2. The Bertz CT molecular complexity index is 1240. The molecule has 2 aromatic rings. The molecule has 0 bridgehead atoms. The first-order valence-corrected chi connectivity index (χ1v) is 12.0. The summed E-state index contributed by atoms with van der Waals surface area (Å²) >= 11 is 0. The first kappa shape index (κ1) is 23.0. The van der Waals surface area contributed by atoms with Crippen molar-refractivity contribution in [2.24, 2.45) is 0 Å². The Morgan fingerprint density at radius 2 is 1.67 bits per heavy atom. The molecule has 2 aromatic carbocycles. The van der Waals surface area contributed by atoms with Gasteiger partial charge >= 0.3 is 0 Å². The van der Waals surface area contributed by atoms with Crippen molar-refractivity contribution in [1.82, 2.24) is 9.21 Å². The van der Waals surface area contributed by atoms with Crippen molar-refractivity contribution in [3.05, 3.63) is 63.7 Å². The van der Waals surface area contributed by atoms with Gasteiger partial charge in [0.1, 0.15) is 0 Å². The van der Waals surface area contributed by atoms with Crippen LogP contribution in [0.15, 0.2) is 47.4 Å². The molecule has 2 aliphatic heterocycles. The van der Waals surface area contributed by atoms with Crippen LogP contribution in [0.5, 0.6) is 0 Å². The largest absolute Gasteiger partial charge is 0.289 e. The van der Waals surface area contributed by atoms with Crippen LogP contribution in [0.3, 0.4) is 0 Å². The van der Waals surface area contributed by atoms with Crippen LogP contribution in [0.2, 0.25) is 0 Å². The minimum Gasteiger partial charge on any atom is -0.289 e. The number of hydrogen-bond acceptors (Lipinski definition) is 7. The van der Waals surface area contributed by atoms with E-state index in [1.807, 2.05) is 30.9 Å². The zero-order chi connectivity index (χ0) is 23.9. The van der Waals surface area contributed by atoms with Gasteiger partial charge in [-0.1, -0.05) is 29.8 Å². The fourth-order valence-electron chi connectivity index (χ4n) is 4.43. The van der Waals surface area contributed by atoms with Crippen molar-refractivity contribution < 1.29 is 22.9 Å². The normalized spacial score (nSPS) is 20.4. The number of amides is 2. The zero-order valence-electron chi connectivity index (χ0n) is 18.3. The highest BCUT2D eigenvalue weighted by atomic mass is 32.2. The van der Waals surface area contributed by atoms with E-state index in [0.29, 0.717) is 5.69 Å². The quantitative estimate of drug-likeness (QED) is 0.370. The Labute approximate surface area is 191 Å². The van der Waals surface area contributed by atoms with Gasteiger partial charge in [0.25, 0.3) is 11.6 Å². The molecule has 4 rings (SSSR count). The van der Waals surface area contributed by atoms with Crippen LogP contribution in [0, 0.1) is 24.0 Å². The fourth-order valence-corrected chi connectivity index (χ4v) is 6.01. The van der Waals surface area contributed by atoms with Crippen molar-refractivity contribution >= 4 is 33.2 Å². The molecule has 0 aromatic heterocycles. The highest BCUT2D eigenvalue weighted by Gasteiger charge is 2.45. The van der Waals surface area contributed by atoms with Crippen LogP contribution in [0.25, 0.3) is 0 Å². The molecule has 1 atom stereocenters. The molecular formula is C22H24N4O6S. The molecule has 10 nitrogen and oxygen atoms in total. The summed E-state index contributed by atoms with van der Waals surface area (Å²) in [5.74, 6) is -0.603. The maximum atomic E-state index is 13.1. The van der Waals surface area contributed by atoms with Gasteiger partial charge in [-0.2, -0.15) is 4.31 Å². The number of benzene rings is 2. The monoisotopic (exact) mass is 472 g/mol. The van der Waals surface area contributed by atoms with Crippen LogP contribution >= 0.6 is 0 Å². The van der Waals surface area contributed by atoms with E-state index in [4.69, 9.17) is 0 Å².